The summed E-state index contributed by atoms with van der Waals surface area (Å²) < 4.78 is 0. The number of piperazine rings is 1. The van der Waals surface area contributed by atoms with Crippen molar-refractivity contribution in [2.75, 3.05) is 31.5 Å². The smallest absolute Gasteiger partial charge is 0.238 e. The second-order valence-corrected chi connectivity index (χ2v) is 7.33. The number of amides is 1. The van der Waals surface area contributed by atoms with Gasteiger partial charge < -0.3 is 10.6 Å². The largest absolute Gasteiger partial charge is 0.325 e. The van der Waals surface area contributed by atoms with Gasteiger partial charge in [-0.3, -0.25) is 9.69 Å². The Kier molecular flexibility index (Phi) is 5.24. The van der Waals surface area contributed by atoms with Crippen LogP contribution in [0.2, 0.25) is 5.02 Å². The molecule has 0 unspecified atom stereocenters. The molecule has 1 aromatic rings. The maximum absolute atomic E-state index is 12.6. The van der Waals surface area contributed by atoms with Crippen LogP contribution in [0.1, 0.15) is 37.7 Å². The number of aryl methyl sites for hydroxylation is 1. The molecular formula is C18H26ClN3O. The second-order valence-electron chi connectivity index (χ2n) is 6.89. The average molecular weight is 336 g/mol. The Morgan fingerprint density at radius 2 is 2.13 bits per heavy atom. The standard InChI is InChI=1S/C18H26ClN3O/c1-14-5-6-15(19)11-16(14)21-17(23)12-22-10-9-20-13-18(22)7-3-2-4-8-18/h5-6,11,20H,2-4,7-10,12-13H2,1H3,(H,21,23). The van der Waals surface area contributed by atoms with Gasteiger partial charge in [0, 0.05) is 35.9 Å². The number of nitrogens with zero attached hydrogens (tertiary/aromatic N) is 1. The first-order valence-electron chi connectivity index (χ1n) is 8.61. The summed E-state index contributed by atoms with van der Waals surface area (Å²) in [4.78, 5) is 15.0. The fourth-order valence-electron chi connectivity index (χ4n) is 3.93. The maximum Gasteiger partial charge on any atom is 0.238 e. The van der Waals surface area contributed by atoms with Gasteiger partial charge in [0.25, 0.3) is 0 Å². The van der Waals surface area contributed by atoms with Crippen molar-refractivity contribution >= 4 is 23.2 Å². The lowest BCUT2D eigenvalue weighted by Gasteiger charge is -2.49. The summed E-state index contributed by atoms with van der Waals surface area (Å²) >= 11 is 6.04. The van der Waals surface area contributed by atoms with Crippen molar-refractivity contribution in [3.05, 3.63) is 28.8 Å². The van der Waals surface area contributed by atoms with Gasteiger partial charge in [-0.1, -0.05) is 36.9 Å². The summed E-state index contributed by atoms with van der Waals surface area (Å²) in [7, 11) is 0. The third kappa shape index (κ3) is 3.87. The molecule has 1 saturated carbocycles. The second kappa shape index (κ2) is 7.20. The molecule has 23 heavy (non-hydrogen) atoms. The highest BCUT2D eigenvalue weighted by atomic mass is 35.5. The van der Waals surface area contributed by atoms with E-state index < -0.39 is 0 Å². The van der Waals surface area contributed by atoms with E-state index in [1.807, 2.05) is 25.1 Å². The highest BCUT2D eigenvalue weighted by Gasteiger charge is 2.40. The molecule has 1 aliphatic carbocycles. The van der Waals surface area contributed by atoms with Gasteiger partial charge in [0.2, 0.25) is 5.91 Å². The van der Waals surface area contributed by atoms with Gasteiger partial charge in [-0.05, 0) is 37.5 Å². The van der Waals surface area contributed by atoms with Crippen LogP contribution in [0.15, 0.2) is 18.2 Å². The molecule has 3 rings (SSSR count). The van der Waals surface area contributed by atoms with Gasteiger partial charge in [0.15, 0.2) is 0 Å². The van der Waals surface area contributed by atoms with Crippen molar-refractivity contribution < 1.29 is 4.79 Å². The summed E-state index contributed by atoms with van der Waals surface area (Å²) in [6, 6.07) is 5.61. The lowest BCUT2D eigenvalue weighted by molar-refractivity contribution is -0.120. The Labute approximate surface area is 143 Å². The monoisotopic (exact) mass is 335 g/mol. The minimum atomic E-state index is 0.0576. The van der Waals surface area contributed by atoms with Gasteiger partial charge in [-0.15, -0.1) is 0 Å². The van der Waals surface area contributed by atoms with Gasteiger partial charge >= 0.3 is 0 Å². The fourth-order valence-corrected chi connectivity index (χ4v) is 4.10. The van der Waals surface area contributed by atoms with Crippen molar-refractivity contribution in [3.63, 3.8) is 0 Å². The summed E-state index contributed by atoms with van der Waals surface area (Å²) in [6.07, 6.45) is 6.26. The Balaban J connectivity index is 1.67. The number of halogens is 1. The molecule has 1 saturated heterocycles. The summed E-state index contributed by atoms with van der Waals surface area (Å²) in [5.41, 5.74) is 2.03. The zero-order valence-electron chi connectivity index (χ0n) is 13.8. The van der Waals surface area contributed by atoms with Crippen LogP contribution in [0, 0.1) is 6.92 Å². The first-order valence-corrected chi connectivity index (χ1v) is 8.99. The van der Waals surface area contributed by atoms with E-state index >= 15 is 0 Å². The van der Waals surface area contributed by atoms with Crippen molar-refractivity contribution in [2.45, 2.75) is 44.6 Å². The first-order chi connectivity index (χ1) is 11.1. The fraction of sp³-hybridized carbons (Fsp3) is 0.611. The van der Waals surface area contributed by atoms with Crippen LogP contribution in [0.25, 0.3) is 0 Å². The molecule has 2 N–H and O–H groups in total. The van der Waals surface area contributed by atoms with Crippen molar-refractivity contribution in [3.8, 4) is 0 Å². The first kappa shape index (κ1) is 16.7. The Bertz CT molecular complexity index is 561. The van der Waals surface area contributed by atoms with E-state index in [0.717, 1.165) is 30.9 Å². The molecule has 2 aliphatic rings. The van der Waals surface area contributed by atoms with Gasteiger partial charge in [-0.25, -0.2) is 0 Å². The predicted octanol–water partition coefficient (Wildman–Crippen LogP) is 3.20. The SMILES string of the molecule is Cc1ccc(Cl)cc1NC(=O)CN1CCNCC12CCCCC2. The lowest BCUT2D eigenvalue weighted by atomic mass is 9.79. The Morgan fingerprint density at radius 3 is 2.91 bits per heavy atom. The van der Waals surface area contributed by atoms with Crippen LogP contribution in [0.4, 0.5) is 5.69 Å². The van der Waals surface area contributed by atoms with E-state index in [4.69, 9.17) is 11.6 Å². The Morgan fingerprint density at radius 1 is 1.35 bits per heavy atom. The number of carbonyl (C=O) groups is 1. The molecule has 5 heteroatoms. The number of benzene rings is 1. The molecular weight excluding hydrogens is 310 g/mol. The molecule has 0 atom stereocenters. The highest BCUT2D eigenvalue weighted by Crippen LogP contribution is 2.34. The normalized spacial score (nSPS) is 21.3. The quantitative estimate of drug-likeness (QED) is 0.891. The van der Waals surface area contributed by atoms with E-state index in [1.165, 1.54) is 32.1 Å². The molecule has 1 amide bonds. The van der Waals surface area contributed by atoms with Gasteiger partial charge in [-0.2, -0.15) is 0 Å². The summed E-state index contributed by atoms with van der Waals surface area (Å²) in [5, 5.41) is 7.21. The van der Waals surface area contributed by atoms with Gasteiger partial charge in [0.05, 0.1) is 6.54 Å². The lowest BCUT2D eigenvalue weighted by Crippen LogP contribution is -2.63. The number of rotatable bonds is 3. The van der Waals surface area contributed by atoms with Crippen LogP contribution in [-0.2, 0) is 4.79 Å². The van der Waals surface area contributed by atoms with E-state index in [0.29, 0.717) is 11.6 Å². The minimum Gasteiger partial charge on any atom is -0.325 e. The molecule has 1 spiro atoms. The molecule has 1 aromatic carbocycles. The number of carbonyl (C=O) groups excluding carboxylic acids is 1. The zero-order chi connectivity index (χ0) is 16.3. The minimum absolute atomic E-state index is 0.0576. The van der Waals surface area contributed by atoms with E-state index in [2.05, 4.69) is 15.5 Å². The van der Waals surface area contributed by atoms with Crippen LogP contribution in [-0.4, -0.2) is 42.5 Å². The summed E-state index contributed by atoms with van der Waals surface area (Å²) in [6.45, 7) is 5.37. The Hall–Kier alpha value is -1.10. The summed E-state index contributed by atoms with van der Waals surface area (Å²) in [5.74, 6) is 0.0576. The van der Waals surface area contributed by atoms with Crippen LogP contribution in [0.3, 0.4) is 0 Å². The third-order valence-electron chi connectivity index (χ3n) is 5.28. The van der Waals surface area contributed by atoms with Crippen molar-refractivity contribution in [1.29, 1.82) is 0 Å². The number of hydrogen-bond donors (Lipinski definition) is 2. The predicted molar refractivity (Wildman–Crippen MR) is 95.1 cm³/mol. The van der Waals surface area contributed by atoms with E-state index in [1.54, 1.807) is 0 Å². The number of nitrogens with one attached hydrogen (secondary N) is 2. The van der Waals surface area contributed by atoms with E-state index in [-0.39, 0.29) is 11.4 Å². The zero-order valence-corrected chi connectivity index (χ0v) is 14.6. The number of anilines is 1. The maximum atomic E-state index is 12.6. The molecule has 4 nitrogen and oxygen atoms in total. The number of hydrogen-bond acceptors (Lipinski definition) is 3. The highest BCUT2D eigenvalue weighted by molar-refractivity contribution is 6.31. The molecule has 0 radical (unpaired) electrons. The molecule has 126 valence electrons. The third-order valence-corrected chi connectivity index (χ3v) is 5.51. The molecule has 1 aliphatic heterocycles. The van der Waals surface area contributed by atoms with Gasteiger partial charge in [0.1, 0.15) is 0 Å². The van der Waals surface area contributed by atoms with E-state index in [9.17, 15) is 4.79 Å². The molecule has 0 bridgehead atoms. The molecule has 1 heterocycles. The van der Waals surface area contributed by atoms with Crippen molar-refractivity contribution in [1.82, 2.24) is 10.2 Å². The topological polar surface area (TPSA) is 44.4 Å². The molecule has 2 fully saturated rings. The van der Waals surface area contributed by atoms with Crippen LogP contribution >= 0.6 is 11.6 Å². The average Bonchev–Trinajstić information content (AvgIpc) is 2.54. The van der Waals surface area contributed by atoms with Crippen molar-refractivity contribution in [2.24, 2.45) is 0 Å². The molecule has 0 aromatic heterocycles. The van der Waals surface area contributed by atoms with Crippen LogP contribution in [0.5, 0.6) is 0 Å². The van der Waals surface area contributed by atoms with Crippen LogP contribution < -0.4 is 10.6 Å².